The van der Waals surface area contributed by atoms with Crippen LogP contribution in [0.2, 0.25) is 0 Å². The summed E-state index contributed by atoms with van der Waals surface area (Å²) >= 11 is 0. The number of unbranched alkanes of at least 4 members (excludes halogenated alkanes) is 1. The quantitative estimate of drug-likeness (QED) is 0.584. The van der Waals surface area contributed by atoms with Gasteiger partial charge in [0.1, 0.15) is 0 Å². The zero-order valence-corrected chi connectivity index (χ0v) is 8.05. The molecule has 72 valence electrons. The maximum absolute atomic E-state index is 10.9. The van der Waals surface area contributed by atoms with Gasteiger partial charge in [0, 0.05) is 5.92 Å². The minimum atomic E-state index is -0.179. The molecule has 0 bridgehead atoms. The van der Waals surface area contributed by atoms with E-state index < -0.39 is 0 Å². The second-order valence-electron chi connectivity index (χ2n) is 3.54. The van der Waals surface area contributed by atoms with Crippen LogP contribution in [0.25, 0.3) is 0 Å². The van der Waals surface area contributed by atoms with Gasteiger partial charge >= 0.3 is 0 Å². The Hall–Kier alpha value is -0.570. The summed E-state index contributed by atoms with van der Waals surface area (Å²) in [6.45, 7) is 4.75. The van der Waals surface area contributed by atoms with E-state index in [2.05, 4.69) is 0 Å². The van der Waals surface area contributed by atoms with E-state index in [-0.39, 0.29) is 11.8 Å². The third-order valence-corrected chi connectivity index (χ3v) is 2.14. The fourth-order valence-electron chi connectivity index (χ4n) is 1.31. The summed E-state index contributed by atoms with van der Waals surface area (Å²) in [4.78, 5) is 10.9. The van der Waals surface area contributed by atoms with E-state index in [1.54, 1.807) is 0 Å². The minimum absolute atomic E-state index is 0.0246. The zero-order chi connectivity index (χ0) is 9.56. The summed E-state index contributed by atoms with van der Waals surface area (Å²) in [6, 6.07) is 0. The lowest BCUT2D eigenvalue weighted by Crippen LogP contribution is -2.27. The molecule has 12 heavy (non-hydrogen) atoms. The Labute approximate surface area is 74.5 Å². The second kappa shape index (κ2) is 6.00. The molecular weight excluding hydrogens is 152 g/mol. The van der Waals surface area contributed by atoms with Crippen molar-refractivity contribution < 1.29 is 4.79 Å². The molecule has 0 rings (SSSR count). The maximum atomic E-state index is 10.9. The molecule has 0 aliphatic heterocycles. The summed E-state index contributed by atoms with van der Waals surface area (Å²) in [5.74, 6) is 0.193. The van der Waals surface area contributed by atoms with Crippen molar-refractivity contribution in [3.05, 3.63) is 0 Å². The van der Waals surface area contributed by atoms with Crippen molar-refractivity contribution in [2.45, 2.75) is 33.1 Å². The number of hydrogen-bond donors (Lipinski definition) is 2. The Bertz CT molecular complexity index is 134. The lowest BCUT2D eigenvalue weighted by molar-refractivity contribution is -0.123. The lowest BCUT2D eigenvalue weighted by atomic mass is 9.90. The van der Waals surface area contributed by atoms with Crippen LogP contribution >= 0.6 is 0 Å². The molecule has 0 aromatic rings. The molecule has 3 heteroatoms. The first-order valence-electron chi connectivity index (χ1n) is 4.59. The molecule has 0 saturated heterocycles. The summed E-state index contributed by atoms with van der Waals surface area (Å²) < 4.78 is 0. The number of amides is 1. The van der Waals surface area contributed by atoms with Crippen molar-refractivity contribution >= 4 is 5.91 Å². The average molecular weight is 172 g/mol. The van der Waals surface area contributed by atoms with Gasteiger partial charge in [-0.1, -0.05) is 20.3 Å². The Morgan fingerprint density at radius 2 is 1.92 bits per heavy atom. The van der Waals surface area contributed by atoms with E-state index in [9.17, 15) is 4.79 Å². The van der Waals surface area contributed by atoms with Crippen LogP contribution in [-0.2, 0) is 4.79 Å². The Morgan fingerprint density at radius 3 is 2.25 bits per heavy atom. The van der Waals surface area contributed by atoms with Gasteiger partial charge in [-0.2, -0.15) is 0 Å². The van der Waals surface area contributed by atoms with E-state index in [1.165, 1.54) is 0 Å². The smallest absolute Gasteiger partial charge is 0.220 e. The van der Waals surface area contributed by atoms with Crippen LogP contribution in [0.5, 0.6) is 0 Å². The van der Waals surface area contributed by atoms with Crippen molar-refractivity contribution in [3.63, 3.8) is 0 Å². The third-order valence-electron chi connectivity index (χ3n) is 2.14. The van der Waals surface area contributed by atoms with E-state index in [0.29, 0.717) is 12.5 Å². The van der Waals surface area contributed by atoms with Crippen LogP contribution in [-0.4, -0.2) is 12.5 Å². The maximum Gasteiger partial charge on any atom is 0.220 e. The molecule has 0 saturated carbocycles. The van der Waals surface area contributed by atoms with Gasteiger partial charge in [-0.3, -0.25) is 4.79 Å². The van der Waals surface area contributed by atoms with Crippen LogP contribution in [0.3, 0.4) is 0 Å². The number of carbonyl (C=O) groups excluding carboxylic acids is 1. The first-order chi connectivity index (χ1) is 5.59. The highest BCUT2D eigenvalue weighted by Crippen LogP contribution is 2.17. The summed E-state index contributed by atoms with van der Waals surface area (Å²) in [7, 11) is 0. The monoisotopic (exact) mass is 172 g/mol. The van der Waals surface area contributed by atoms with E-state index in [1.807, 2.05) is 13.8 Å². The van der Waals surface area contributed by atoms with Crippen LogP contribution in [0.1, 0.15) is 33.1 Å². The molecule has 0 heterocycles. The van der Waals surface area contributed by atoms with Crippen LogP contribution < -0.4 is 11.5 Å². The fourth-order valence-corrected chi connectivity index (χ4v) is 1.31. The standard InChI is InChI=1S/C9H20N2O/c1-7(2)8(9(11)12)5-3-4-6-10/h7-8H,3-6,10H2,1-2H3,(H2,11,12)/t8-/m0/s1. The second-order valence-corrected chi connectivity index (χ2v) is 3.54. The van der Waals surface area contributed by atoms with Gasteiger partial charge in [0.15, 0.2) is 0 Å². The predicted molar refractivity (Wildman–Crippen MR) is 50.4 cm³/mol. The predicted octanol–water partition coefficient (Wildman–Crippen LogP) is 0.873. The van der Waals surface area contributed by atoms with Crippen molar-refractivity contribution in [3.8, 4) is 0 Å². The molecule has 3 nitrogen and oxygen atoms in total. The lowest BCUT2D eigenvalue weighted by Gasteiger charge is -2.16. The van der Waals surface area contributed by atoms with Gasteiger partial charge < -0.3 is 11.5 Å². The number of nitrogens with two attached hydrogens (primary N) is 2. The van der Waals surface area contributed by atoms with E-state index in [0.717, 1.165) is 19.3 Å². The summed E-state index contributed by atoms with van der Waals surface area (Å²) in [6.07, 6.45) is 2.86. The van der Waals surface area contributed by atoms with Crippen LogP contribution in [0, 0.1) is 11.8 Å². The SMILES string of the molecule is CC(C)[C@H](CCCCN)C(N)=O. The molecule has 0 spiro atoms. The third kappa shape index (κ3) is 4.34. The Kier molecular flexibility index (Phi) is 5.72. The molecule has 0 aromatic heterocycles. The fraction of sp³-hybridized carbons (Fsp3) is 0.889. The van der Waals surface area contributed by atoms with Crippen molar-refractivity contribution in [2.24, 2.45) is 23.3 Å². The Balaban J connectivity index is 3.72. The van der Waals surface area contributed by atoms with E-state index >= 15 is 0 Å². The highest BCUT2D eigenvalue weighted by atomic mass is 16.1. The largest absolute Gasteiger partial charge is 0.369 e. The van der Waals surface area contributed by atoms with Gasteiger partial charge in [-0.15, -0.1) is 0 Å². The molecular formula is C9H20N2O. The van der Waals surface area contributed by atoms with Gasteiger partial charge in [-0.25, -0.2) is 0 Å². The molecule has 0 unspecified atom stereocenters. The minimum Gasteiger partial charge on any atom is -0.369 e. The first-order valence-corrected chi connectivity index (χ1v) is 4.59. The highest BCUT2D eigenvalue weighted by Gasteiger charge is 2.18. The number of primary amides is 1. The van der Waals surface area contributed by atoms with Crippen molar-refractivity contribution in [2.75, 3.05) is 6.54 Å². The van der Waals surface area contributed by atoms with Crippen molar-refractivity contribution in [1.29, 1.82) is 0 Å². The van der Waals surface area contributed by atoms with Crippen LogP contribution in [0.4, 0.5) is 0 Å². The zero-order valence-electron chi connectivity index (χ0n) is 8.05. The number of rotatable bonds is 6. The molecule has 0 aliphatic rings. The van der Waals surface area contributed by atoms with Gasteiger partial charge in [0.25, 0.3) is 0 Å². The Morgan fingerprint density at radius 1 is 1.33 bits per heavy atom. The average Bonchev–Trinajstić information content (AvgIpc) is 1.96. The van der Waals surface area contributed by atoms with Crippen molar-refractivity contribution in [1.82, 2.24) is 0 Å². The summed E-state index contributed by atoms with van der Waals surface area (Å²) in [5.41, 5.74) is 10.6. The van der Waals surface area contributed by atoms with Crippen LogP contribution in [0.15, 0.2) is 0 Å². The molecule has 1 atom stereocenters. The molecule has 4 N–H and O–H groups in total. The van der Waals surface area contributed by atoms with E-state index in [4.69, 9.17) is 11.5 Å². The number of carbonyl (C=O) groups is 1. The molecule has 0 aliphatic carbocycles. The molecule has 1 amide bonds. The molecule has 0 aromatic carbocycles. The first kappa shape index (κ1) is 11.4. The number of hydrogen-bond acceptors (Lipinski definition) is 2. The van der Waals surface area contributed by atoms with Gasteiger partial charge in [0.05, 0.1) is 0 Å². The topological polar surface area (TPSA) is 69.1 Å². The van der Waals surface area contributed by atoms with Gasteiger partial charge in [0.2, 0.25) is 5.91 Å². The normalized spacial score (nSPS) is 13.3. The van der Waals surface area contributed by atoms with Gasteiger partial charge in [-0.05, 0) is 25.3 Å². The molecule has 0 fully saturated rings. The molecule has 0 radical (unpaired) electrons. The summed E-state index contributed by atoms with van der Waals surface area (Å²) in [5, 5.41) is 0. The highest BCUT2D eigenvalue weighted by molar-refractivity contribution is 5.76.